The molecule has 0 saturated carbocycles. The fourth-order valence-electron chi connectivity index (χ4n) is 2.71. The topological polar surface area (TPSA) is 73.9 Å². The molecule has 112 valence electrons. The fraction of sp³-hybridized carbons (Fsp3) is 0.353. The monoisotopic (exact) mass is 358 g/mol. The average Bonchev–Trinajstić information content (AvgIpc) is 2.55. The van der Waals surface area contributed by atoms with E-state index >= 15 is 0 Å². The number of carbonyl (C=O) groups is 1. The van der Waals surface area contributed by atoms with Gasteiger partial charge in [0.15, 0.2) is 5.41 Å². The largest absolute Gasteiger partial charge is 0.463 e. The molecule has 1 atom stereocenters. The Bertz CT molecular complexity index is 666. The second-order valence-corrected chi connectivity index (χ2v) is 6.08. The Morgan fingerprint density at radius 2 is 2.00 bits per heavy atom. The van der Waals surface area contributed by atoms with Crippen molar-refractivity contribution in [3.8, 4) is 12.1 Å². The van der Waals surface area contributed by atoms with Crippen molar-refractivity contribution in [1.29, 1.82) is 10.5 Å². The van der Waals surface area contributed by atoms with Crippen LogP contribution in [0.3, 0.4) is 0 Å². The maximum absolute atomic E-state index is 11.9. The molecule has 2 rings (SSSR count). The summed E-state index contributed by atoms with van der Waals surface area (Å²) in [5.41, 5.74) is 0.0915. The molecule has 0 spiro atoms. The molecule has 0 saturated heterocycles. The predicted molar refractivity (Wildman–Crippen MR) is 84.5 cm³/mol. The maximum atomic E-state index is 11.9. The minimum atomic E-state index is -1.25. The lowest BCUT2D eigenvalue weighted by molar-refractivity contribution is -0.139. The van der Waals surface area contributed by atoms with Gasteiger partial charge in [0.05, 0.1) is 18.7 Å². The van der Waals surface area contributed by atoms with Gasteiger partial charge in [0.2, 0.25) is 0 Å². The fourth-order valence-corrected chi connectivity index (χ4v) is 2.98. The van der Waals surface area contributed by atoms with Crippen LogP contribution in [0.4, 0.5) is 0 Å². The van der Waals surface area contributed by atoms with Gasteiger partial charge in [-0.2, -0.15) is 10.5 Å². The van der Waals surface area contributed by atoms with E-state index in [1.165, 1.54) is 0 Å². The third-order valence-electron chi connectivity index (χ3n) is 3.87. The number of esters is 1. The van der Waals surface area contributed by atoms with E-state index in [4.69, 9.17) is 4.74 Å². The molecule has 4 nitrogen and oxygen atoms in total. The van der Waals surface area contributed by atoms with Crippen molar-refractivity contribution in [2.45, 2.75) is 25.7 Å². The third kappa shape index (κ3) is 3.05. The van der Waals surface area contributed by atoms with Gasteiger partial charge in [0.25, 0.3) is 0 Å². The summed E-state index contributed by atoms with van der Waals surface area (Å²) < 4.78 is 5.93. The minimum absolute atomic E-state index is 0.0968. The van der Waals surface area contributed by atoms with Gasteiger partial charge in [0.1, 0.15) is 0 Å². The van der Waals surface area contributed by atoms with Crippen LogP contribution in [0, 0.1) is 28.1 Å². The van der Waals surface area contributed by atoms with E-state index in [-0.39, 0.29) is 18.9 Å². The van der Waals surface area contributed by atoms with Gasteiger partial charge >= 0.3 is 5.97 Å². The number of ether oxygens (including phenoxy) is 1. The van der Waals surface area contributed by atoms with Crippen molar-refractivity contribution in [3.05, 3.63) is 46.0 Å². The summed E-state index contributed by atoms with van der Waals surface area (Å²) in [6, 6.07) is 11.9. The van der Waals surface area contributed by atoms with Gasteiger partial charge in [0, 0.05) is 22.4 Å². The van der Waals surface area contributed by atoms with Gasteiger partial charge in [-0.05, 0) is 31.0 Å². The molecule has 1 aromatic rings. The van der Waals surface area contributed by atoms with Gasteiger partial charge in [-0.15, -0.1) is 0 Å². The Morgan fingerprint density at radius 1 is 1.36 bits per heavy atom. The number of benzene rings is 1. The molecule has 0 aromatic heterocycles. The molecule has 0 amide bonds. The highest BCUT2D eigenvalue weighted by Crippen LogP contribution is 2.46. The lowest BCUT2D eigenvalue weighted by Crippen LogP contribution is -2.31. The number of hydrogen-bond acceptors (Lipinski definition) is 4. The lowest BCUT2D eigenvalue weighted by Gasteiger charge is -2.33. The first-order valence-corrected chi connectivity index (χ1v) is 7.79. The quantitative estimate of drug-likeness (QED) is 0.769. The summed E-state index contributed by atoms with van der Waals surface area (Å²) in [6.07, 6.45) is 2.36. The lowest BCUT2D eigenvalue weighted by atomic mass is 9.65. The second-order valence-electron chi connectivity index (χ2n) is 5.16. The summed E-state index contributed by atoms with van der Waals surface area (Å²) >= 11 is 3.37. The summed E-state index contributed by atoms with van der Waals surface area (Å²) in [5.74, 6) is -0.694. The molecule has 0 bridgehead atoms. The van der Waals surface area contributed by atoms with E-state index in [1.54, 1.807) is 13.0 Å². The summed E-state index contributed by atoms with van der Waals surface area (Å²) in [5, 5.41) is 19.2. The Kier molecular flexibility index (Phi) is 5.00. The van der Waals surface area contributed by atoms with E-state index in [0.717, 1.165) is 10.0 Å². The van der Waals surface area contributed by atoms with Crippen LogP contribution in [0.25, 0.3) is 0 Å². The first kappa shape index (κ1) is 16.3. The highest BCUT2D eigenvalue weighted by molar-refractivity contribution is 9.10. The van der Waals surface area contributed by atoms with Gasteiger partial charge < -0.3 is 4.74 Å². The maximum Gasteiger partial charge on any atom is 0.333 e. The van der Waals surface area contributed by atoms with Crippen LogP contribution in [0.1, 0.15) is 31.2 Å². The first-order chi connectivity index (χ1) is 10.6. The normalized spacial score (nSPS) is 19.5. The van der Waals surface area contributed by atoms with E-state index < -0.39 is 11.4 Å². The first-order valence-electron chi connectivity index (χ1n) is 7.00. The number of hydrogen-bond donors (Lipinski definition) is 0. The molecule has 0 radical (unpaired) electrons. The minimum Gasteiger partial charge on any atom is -0.463 e. The zero-order chi connectivity index (χ0) is 16.2. The average molecular weight is 359 g/mol. The number of nitrogens with zero attached hydrogens (tertiary/aromatic N) is 2. The van der Waals surface area contributed by atoms with E-state index in [1.807, 2.05) is 24.3 Å². The van der Waals surface area contributed by atoms with Crippen LogP contribution >= 0.6 is 15.9 Å². The number of allylic oxidation sites excluding steroid dienone is 1. The molecule has 5 heteroatoms. The smallest absolute Gasteiger partial charge is 0.333 e. The third-order valence-corrected chi connectivity index (χ3v) is 4.40. The number of nitriles is 2. The van der Waals surface area contributed by atoms with Crippen molar-refractivity contribution < 1.29 is 9.53 Å². The molecule has 22 heavy (non-hydrogen) atoms. The number of halogens is 1. The SMILES string of the molecule is CCOC(=O)C1=CCC(c2ccc(Br)cc2)C(C#N)(C#N)C1. The molecule has 1 aliphatic carbocycles. The van der Waals surface area contributed by atoms with Crippen LogP contribution in [-0.2, 0) is 9.53 Å². The molecule has 1 aromatic carbocycles. The molecule has 0 fully saturated rings. The van der Waals surface area contributed by atoms with Crippen molar-refractivity contribution in [3.63, 3.8) is 0 Å². The van der Waals surface area contributed by atoms with Gasteiger partial charge in [-0.25, -0.2) is 4.79 Å². The van der Waals surface area contributed by atoms with Crippen molar-refractivity contribution in [1.82, 2.24) is 0 Å². The standard InChI is InChI=1S/C17H15BrN2O2/c1-2-22-16(21)13-5-8-15(17(9-13,10-19)11-20)12-3-6-14(18)7-4-12/h3-7,15H,2,8-9H2,1H3. The highest BCUT2D eigenvalue weighted by Gasteiger charge is 2.44. The molecule has 0 aliphatic heterocycles. The van der Waals surface area contributed by atoms with Crippen LogP contribution in [-0.4, -0.2) is 12.6 Å². The van der Waals surface area contributed by atoms with Crippen LogP contribution in [0.2, 0.25) is 0 Å². The van der Waals surface area contributed by atoms with Crippen LogP contribution in [0.15, 0.2) is 40.4 Å². The Labute approximate surface area is 138 Å². The van der Waals surface area contributed by atoms with Crippen molar-refractivity contribution in [2.75, 3.05) is 6.61 Å². The Morgan fingerprint density at radius 3 is 2.55 bits per heavy atom. The van der Waals surface area contributed by atoms with Gasteiger partial charge in [-0.3, -0.25) is 0 Å². The molecular formula is C17H15BrN2O2. The molecular weight excluding hydrogens is 344 g/mol. The van der Waals surface area contributed by atoms with Crippen molar-refractivity contribution in [2.24, 2.45) is 5.41 Å². The van der Waals surface area contributed by atoms with Gasteiger partial charge in [-0.1, -0.05) is 34.1 Å². The highest BCUT2D eigenvalue weighted by atomic mass is 79.9. The molecule has 1 aliphatic rings. The van der Waals surface area contributed by atoms with E-state index in [2.05, 4.69) is 28.1 Å². The zero-order valence-corrected chi connectivity index (χ0v) is 13.8. The predicted octanol–water partition coefficient (Wildman–Crippen LogP) is 3.85. The summed E-state index contributed by atoms with van der Waals surface area (Å²) in [7, 11) is 0. The number of rotatable bonds is 3. The van der Waals surface area contributed by atoms with E-state index in [0.29, 0.717) is 12.0 Å². The molecule has 1 unspecified atom stereocenters. The zero-order valence-electron chi connectivity index (χ0n) is 12.2. The summed E-state index contributed by atoms with van der Waals surface area (Å²) in [6.45, 7) is 2.01. The second kappa shape index (κ2) is 6.77. The molecule has 0 heterocycles. The summed E-state index contributed by atoms with van der Waals surface area (Å²) in [4.78, 5) is 11.9. The van der Waals surface area contributed by atoms with Crippen LogP contribution < -0.4 is 0 Å². The van der Waals surface area contributed by atoms with Crippen LogP contribution in [0.5, 0.6) is 0 Å². The Balaban J connectivity index is 2.39. The van der Waals surface area contributed by atoms with Crippen molar-refractivity contribution >= 4 is 21.9 Å². The Hall–Kier alpha value is -2.11. The molecule has 0 N–H and O–H groups in total. The number of carbonyl (C=O) groups excluding carboxylic acids is 1. The van der Waals surface area contributed by atoms with E-state index in [9.17, 15) is 15.3 Å².